The Morgan fingerprint density at radius 3 is 2.77 bits per heavy atom. The zero-order chi connectivity index (χ0) is 30.9. The Hall–Kier alpha value is -3.49. The van der Waals surface area contributed by atoms with Crippen molar-refractivity contribution in [2.45, 2.75) is 57.2 Å². The van der Waals surface area contributed by atoms with Crippen LogP contribution in [-0.4, -0.2) is 77.8 Å². The van der Waals surface area contributed by atoms with Gasteiger partial charge in [0.05, 0.1) is 36.0 Å². The van der Waals surface area contributed by atoms with Crippen LogP contribution < -0.4 is 10.6 Å². The van der Waals surface area contributed by atoms with Crippen molar-refractivity contribution in [3.63, 3.8) is 0 Å². The predicted octanol–water partition coefficient (Wildman–Crippen LogP) is 5.62. The molecule has 0 radical (unpaired) electrons. The number of carbonyl (C=O) groups is 1. The van der Waals surface area contributed by atoms with Crippen molar-refractivity contribution in [3.8, 4) is 11.5 Å². The highest BCUT2D eigenvalue weighted by Crippen LogP contribution is 2.35. The van der Waals surface area contributed by atoms with Crippen molar-refractivity contribution < 1.29 is 31.6 Å². The highest BCUT2D eigenvalue weighted by atomic mass is 32.1. The maximum absolute atomic E-state index is 14.8. The predicted molar refractivity (Wildman–Crippen MR) is 156 cm³/mol. The maximum atomic E-state index is 14.8. The number of hydrogen-bond acceptors (Lipinski definition) is 8. The smallest absolute Gasteiger partial charge is 0.384 e. The number of fused-ring (bicyclic) bond motifs is 1. The van der Waals surface area contributed by atoms with Crippen molar-refractivity contribution in [1.29, 1.82) is 0 Å². The first-order valence-electron chi connectivity index (χ1n) is 13.8. The summed E-state index contributed by atoms with van der Waals surface area (Å²) >= 11 is 1.45. The van der Waals surface area contributed by atoms with E-state index in [0.29, 0.717) is 41.7 Å². The number of piperidine rings is 1. The van der Waals surface area contributed by atoms with Crippen LogP contribution in [0, 0.1) is 0 Å². The number of likely N-dealkylation sites (tertiary alicyclic amines) is 1. The molecule has 1 amide bonds. The third kappa shape index (κ3) is 7.02. The Morgan fingerprint density at radius 1 is 1.26 bits per heavy atom. The quantitative estimate of drug-likeness (QED) is 0.222. The van der Waals surface area contributed by atoms with E-state index in [1.807, 2.05) is 25.8 Å². The molecule has 1 fully saturated rings. The zero-order valence-corrected chi connectivity index (χ0v) is 25.1. The highest BCUT2D eigenvalue weighted by Gasteiger charge is 2.32. The third-order valence-electron chi connectivity index (χ3n) is 7.50. The fourth-order valence-corrected chi connectivity index (χ4v) is 6.30. The number of carbonyl (C=O) groups excluding carboxylic acids is 1. The Kier molecular flexibility index (Phi) is 8.82. The van der Waals surface area contributed by atoms with Crippen LogP contribution in [0.4, 0.5) is 23.2 Å². The monoisotopic (exact) mass is 622 g/mol. The standard InChI is InChI=1S/C29H34F4N6O3S/c1-28(2,16-41-4)24-10-17(14-43-24)27(40)34-12-25-36-26(37-42-25)23-11-18-20(35-21-8-9-38(3)13-19(21)30)6-5-7-22(18)39(23)15-29(31,32)33/h5-7,10-11,14,19,21,35H,8-9,12-13,15-16H2,1-4H3,(H,34,40)/t19-,21+/m0/s1. The number of rotatable bonds is 10. The average Bonchev–Trinajstić information content (AvgIpc) is 3.68. The molecule has 4 heterocycles. The van der Waals surface area contributed by atoms with Gasteiger partial charge in [-0.25, -0.2) is 4.39 Å². The molecule has 232 valence electrons. The first-order chi connectivity index (χ1) is 20.3. The lowest BCUT2D eigenvalue weighted by Crippen LogP contribution is -2.46. The summed E-state index contributed by atoms with van der Waals surface area (Å²) in [5.41, 5.74) is 1.12. The molecule has 2 atom stereocenters. The van der Waals surface area contributed by atoms with Gasteiger partial charge >= 0.3 is 6.18 Å². The van der Waals surface area contributed by atoms with E-state index in [9.17, 15) is 22.4 Å². The molecule has 9 nitrogen and oxygen atoms in total. The van der Waals surface area contributed by atoms with E-state index in [1.54, 1.807) is 42.8 Å². The van der Waals surface area contributed by atoms with Crippen LogP contribution in [0.1, 0.15) is 41.4 Å². The lowest BCUT2D eigenvalue weighted by atomic mass is 9.92. The summed E-state index contributed by atoms with van der Waals surface area (Å²) in [4.78, 5) is 19.9. The Bertz CT molecular complexity index is 1580. The topological polar surface area (TPSA) is 97.4 Å². The van der Waals surface area contributed by atoms with E-state index in [2.05, 4.69) is 20.8 Å². The molecule has 0 aliphatic carbocycles. The molecule has 0 spiro atoms. The SMILES string of the molecule is COCC(C)(C)c1cc(C(=O)NCc2nc(-c3cc4c(N[C@@H]5CCN(C)C[C@@H]5F)cccc4n3CC(F)(F)F)no2)cs1. The second-order valence-corrected chi connectivity index (χ2v) is 12.4. The molecule has 0 unspecified atom stereocenters. The van der Waals surface area contributed by atoms with Gasteiger partial charge in [0, 0.05) is 46.9 Å². The number of thiophene rings is 1. The molecular weight excluding hydrogens is 588 g/mol. The van der Waals surface area contributed by atoms with E-state index in [-0.39, 0.29) is 41.8 Å². The summed E-state index contributed by atoms with van der Waals surface area (Å²) < 4.78 is 67.5. The largest absolute Gasteiger partial charge is 0.406 e. The van der Waals surface area contributed by atoms with Crippen molar-refractivity contribution in [2.24, 2.45) is 0 Å². The van der Waals surface area contributed by atoms with Gasteiger partial charge in [-0.05, 0) is 37.7 Å². The molecule has 5 rings (SSSR count). The minimum atomic E-state index is -4.53. The van der Waals surface area contributed by atoms with Crippen LogP contribution in [0.2, 0.25) is 0 Å². The number of ether oxygens (including phenoxy) is 1. The van der Waals surface area contributed by atoms with Gasteiger partial charge in [0.25, 0.3) is 5.91 Å². The number of halogens is 4. The number of nitrogens with zero attached hydrogens (tertiary/aromatic N) is 4. The first-order valence-corrected chi connectivity index (χ1v) is 14.7. The average molecular weight is 623 g/mol. The van der Waals surface area contributed by atoms with Gasteiger partial charge in [-0.2, -0.15) is 18.2 Å². The van der Waals surface area contributed by atoms with Crippen LogP contribution in [0.25, 0.3) is 22.4 Å². The van der Waals surface area contributed by atoms with E-state index >= 15 is 0 Å². The number of anilines is 1. The van der Waals surface area contributed by atoms with Crippen molar-refractivity contribution >= 4 is 33.8 Å². The Labute approximate surface area is 250 Å². The Balaban J connectivity index is 1.37. The number of amides is 1. The molecule has 2 N–H and O–H groups in total. The maximum Gasteiger partial charge on any atom is 0.406 e. The van der Waals surface area contributed by atoms with E-state index in [4.69, 9.17) is 9.26 Å². The first kappa shape index (κ1) is 31.0. The van der Waals surface area contributed by atoms with Gasteiger partial charge in [0.2, 0.25) is 11.7 Å². The van der Waals surface area contributed by atoms with Gasteiger partial charge < -0.3 is 29.4 Å². The van der Waals surface area contributed by atoms with Crippen molar-refractivity contribution in [3.05, 3.63) is 52.0 Å². The molecular formula is C29H34F4N6O3S. The molecule has 0 bridgehead atoms. The summed E-state index contributed by atoms with van der Waals surface area (Å²) in [5.74, 6) is -0.373. The summed E-state index contributed by atoms with van der Waals surface area (Å²) in [6, 6.07) is 7.80. The number of nitrogens with one attached hydrogen (secondary N) is 2. The van der Waals surface area contributed by atoms with Crippen LogP contribution in [0.15, 0.2) is 40.2 Å². The molecule has 1 saturated heterocycles. The number of alkyl halides is 4. The summed E-state index contributed by atoms with van der Waals surface area (Å²) in [5, 5.41) is 12.1. The number of aromatic nitrogens is 3. The fraction of sp³-hybridized carbons (Fsp3) is 0.483. The molecule has 4 aromatic rings. The lowest BCUT2D eigenvalue weighted by molar-refractivity contribution is -0.139. The van der Waals surface area contributed by atoms with Gasteiger partial charge in [-0.3, -0.25) is 4.79 Å². The Morgan fingerprint density at radius 2 is 2.05 bits per heavy atom. The molecule has 1 aromatic carbocycles. The van der Waals surface area contributed by atoms with Crippen LogP contribution in [0.3, 0.4) is 0 Å². The number of benzene rings is 1. The van der Waals surface area contributed by atoms with Crippen molar-refractivity contribution in [1.82, 2.24) is 24.9 Å². The normalized spacial score (nSPS) is 18.3. The minimum Gasteiger partial charge on any atom is -0.384 e. The molecule has 14 heteroatoms. The zero-order valence-electron chi connectivity index (χ0n) is 24.3. The van der Waals surface area contributed by atoms with Crippen molar-refractivity contribution in [2.75, 3.05) is 39.2 Å². The fourth-order valence-electron chi connectivity index (χ4n) is 5.29. The van der Waals surface area contributed by atoms with Crippen LogP contribution >= 0.6 is 11.3 Å². The van der Waals surface area contributed by atoms with Gasteiger partial charge in [-0.1, -0.05) is 25.1 Å². The molecule has 1 aliphatic rings. The van der Waals surface area contributed by atoms with Crippen LogP contribution in [-0.2, 0) is 23.2 Å². The van der Waals surface area contributed by atoms with E-state index in [0.717, 1.165) is 9.44 Å². The highest BCUT2D eigenvalue weighted by molar-refractivity contribution is 7.10. The van der Waals surface area contributed by atoms with E-state index in [1.165, 1.54) is 11.3 Å². The molecule has 3 aromatic heterocycles. The second kappa shape index (κ2) is 12.2. The second-order valence-electron chi connectivity index (χ2n) is 11.5. The van der Waals surface area contributed by atoms with Gasteiger partial charge in [-0.15, -0.1) is 11.3 Å². The number of methoxy groups -OCH3 is 1. The van der Waals surface area contributed by atoms with Gasteiger partial charge in [0.15, 0.2) is 0 Å². The summed E-state index contributed by atoms with van der Waals surface area (Å²) in [7, 11) is 3.47. The molecule has 1 aliphatic heterocycles. The minimum absolute atomic E-state index is 0.0345. The molecule has 0 saturated carbocycles. The summed E-state index contributed by atoms with van der Waals surface area (Å²) in [6.07, 6.45) is -5.10. The van der Waals surface area contributed by atoms with Crippen LogP contribution in [0.5, 0.6) is 0 Å². The third-order valence-corrected chi connectivity index (χ3v) is 8.80. The molecule has 43 heavy (non-hydrogen) atoms. The van der Waals surface area contributed by atoms with E-state index < -0.39 is 24.9 Å². The number of hydrogen-bond donors (Lipinski definition) is 2. The summed E-state index contributed by atoms with van der Waals surface area (Å²) in [6.45, 7) is 4.12. The van der Waals surface area contributed by atoms with Gasteiger partial charge in [0.1, 0.15) is 12.7 Å². The lowest BCUT2D eigenvalue weighted by Gasteiger charge is -2.33.